The Kier molecular flexibility index (Phi) is 4.41. The topological polar surface area (TPSA) is 46.5 Å². The molecule has 0 aliphatic rings. The highest BCUT2D eigenvalue weighted by Gasteiger charge is 2.48. The van der Waals surface area contributed by atoms with Crippen molar-refractivity contribution < 1.29 is 40.3 Å². The Morgan fingerprint density at radius 2 is 1.64 bits per heavy atom. The third-order valence-electron chi connectivity index (χ3n) is 1.03. The summed E-state index contributed by atoms with van der Waals surface area (Å²) in [4.78, 5) is 7.94. The highest BCUT2D eigenvalue weighted by atomic mass is 31.1. The second kappa shape index (κ2) is 4.50. The van der Waals surface area contributed by atoms with Crippen LogP contribution >= 0.6 is 8.25 Å². The van der Waals surface area contributed by atoms with Crippen molar-refractivity contribution in [1.82, 2.24) is 0 Å². The molecule has 0 fully saturated rings. The van der Waals surface area contributed by atoms with Crippen molar-refractivity contribution in [2.75, 3.05) is 0 Å². The zero-order chi connectivity index (χ0) is 11.6. The average molecular weight is 246 g/mol. The quantitative estimate of drug-likeness (QED) is 0.613. The molecule has 0 bridgehead atoms. The van der Waals surface area contributed by atoms with Crippen LogP contribution in [0.1, 0.15) is 6.42 Å². The highest BCUT2D eigenvalue weighted by molar-refractivity contribution is 7.32. The Bertz CT molecular complexity index is 210. The first-order valence-electron chi connectivity index (χ1n) is 3.05. The molecule has 0 radical (unpaired) electrons. The van der Waals surface area contributed by atoms with Crippen LogP contribution in [0, 0.1) is 0 Å². The summed E-state index contributed by atoms with van der Waals surface area (Å²) in [7, 11) is -4.06. The fourth-order valence-electron chi connectivity index (χ4n) is 0.556. The molecule has 0 saturated carbocycles. The Hall–Kier alpha value is -0.270. The van der Waals surface area contributed by atoms with Crippen LogP contribution in [0.25, 0.3) is 0 Å². The van der Waals surface area contributed by atoms with E-state index < -0.39 is 33.1 Å². The molecule has 86 valence electrons. The predicted octanol–water partition coefficient (Wildman–Crippen LogP) is 2.27. The van der Waals surface area contributed by atoms with E-state index in [1.54, 1.807) is 0 Å². The lowest BCUT2D eigenvalue weighted by Crippen LogP contribution is -2.34. The van der Waals surface area contributed by atoms with Crippen LogP contribution in [-0.2, 0) is 9.09 Å². The van der Waals surface area contributed by atoms with E-state index in [9.17, 15) is 30.9 Å². The molecule has 1 N–H and O–H groups in total. The van der Waals surface area contributed by atoms with Gasteiger partial charge in [0.25, 0.3) is 0 Å². The molecular weight excluding hydrogens is 241 g/mol. The molecule has 0 aromatic carbocycles. The van der Waals surface area contributed by atoms with E-state index in [4.69, 9.17) is 4.89 Å². The van der Waals surface area contributed by atoms with E-state index in [2.05, 4.69) is 4.52 Å². The standard InChI is InChI=1S/C4H5F6O3P/c5-3(6,7)1-2(4(8,9)10)13-14(11)12/h2,14H,1H2,(H,11,12). The van der Waals surface area contributed by atoms with Crippen molar-refractivity contribution in [3.05, 3.63) is 0 Å². The van der Waals surface area contributed by atoms with Crippen molar-refractivity contribution >= 4 is 8.25 Å². The van der Waals surface area contributed by atoms with Gasteiger partial charge in [-0.2, -0.15) is 26.3 Å². The molecule has 0 heterocycles. The van der Waals surface area contributed by atoms with E-state index in [1.807, 2.05) is 0 Å². The number of hydrogen-bond donors (Lipinski definition) is 1. The van der Waals surface area contributed by atoms with Crippen LogP contribution in [0.15, 0.2) is 0 Å². The van der Waals surface area contributed by atoms with E-state index in [1.165, 1.54) is 0 Å². The summed E-state index contributed by atoms with van der Waals surface area (Å²) < 4.78 is 82.9. The summed E-state index contributed by atoms with van der Waals surface area (Å²) >= 11 is 0. The molecule has 0 aromatic heterocycles. The largest absolute Gasteiger partial charge is 0.415 e. The molecule has 0 saturated heterocycles. The molecule has 2 atom stereocenters. The molecule has 0 aliphatic carbocycles. The van der Waals surface area contributed by atoms with Gasteiger partial charge in [0.1, 0.15) is 0 Å². The second-order valence-corrected chi connectivity index (χ2v) is 3.00. The maximum atomic E-state index is 11.8. The minimum atomic E-state index is -5.32. The summed E-state index contributed by atoms with van der Waals surface area (Å²) in [5.41, 5.74) is 0. The number of halogens is 6. The van der Waals surface area contributed by atoms with Crippen molar-refractivity contribution in [1.29, 1.82) is 0 Å². The first-order chi connectivity index (χ1) is 6.02. The summed E-state index contributed by atoms with van der Waals surface area (Å²) in [5, 5.41) is 0. The number of alkyl halides is 6. The number of rotatable bonds is 3. The van der Waals surface area contributed by atoms with Gasteiger partial charge in [-0.25, -0.2) is 0 Å². The van der Waals surface area contributed by atoms with Gasteiger partial charge >= 0.3 is 20.6 Å². The van der Waals surface area contributed by atoms with Gasteiger partial charge in [-0.1, -0.05) is 0 Å². The Morgan fingerprint density at radius 1 is 1.21 bits per heavy atom. The Labute approximate surface area is 74.6 Å². The highest BCUT2D eigenvalue weighted by Crippen LogP contribution is 2.36. The fraction of sp³-hybridized carbons (Fsp3) is 1.00. The first kappa shape index (κ1) is 13.7. The smallest absolute Gasteiger partial charge is 0.326 e. The molecule has 0 rings (SSSR count). The SMILES string of the molecule is O=[PH](O)OC(CC(F)(F)F)C(F)(F)F. The normalized spacial score (nSPS) is 17.9. The van der Waals surface area contributed by atoms with Crippen LogP contribution in [0.5, 0.6) is 0 Å². The molecule has 0 spiro atoms. The van der Waals surface area contributed by atoms with Crippen molar-refractivity contribution in [2.24, 2.45) is 0 Å². The zero-order valence-electron chi connectivity index (χ0n) is 6.32. The minimum Gasteiger partial charge on any atom is -0.326 e. The monoisotopic (exact) mass is 246 g/mol. The molecule has 10 heteroatoms. The van der Waals surface area contributed by atoms with Crippen LogP contribution in [-0.4, -0.2) is 23.3 Å². The first-order valence-corrected chi connectivity index (χ1v) is 4.32. The van der Waals surface area contributed by atoms with Crippen LogP contribution in [0.2, 0.25) is 0 Å². The van der Waals surface area contributed by atoms with Crippen LogP contribution in [0.3, 0.4) is 0 Å². The van der Waals surface area contributed by atoms with Gasteiger partial charge in [0.05, 0.1) is 6.42 Å². The van der Waals surface area contributed by atoms with E-state index >= 15 is 0 Å². The summed E-state index contributed by atoms with van der Waals surface area (Å²) in [6, 6.07) is 0. The Morgan fingerprint density at radius 3 is 1.86 bits per heavy atom. The van der Waals surface area contributed by atoms with E-state index in [-0.39, 0.29) is 0 Å². The van der Waals surface area contributed by atoms with E-state index in [0.717, 1.165) is 0 Å². The molecule has 2 unspecified atom stereocenters. The molecule has 0 aliphatic heterocycles. The second-order valence-electron chi connectivity index (χ2n) is 2.23. The maximum absolute atomic E-state index is 11.8. The predicted molar refractivity (Wildman–Crippen MR) is 32.8 cm³/mol. The van der Waals surface area contributed by atoms with Crippen LogP contribution < -0.4 is 0 Å². The lowest BCUT2D eigenvalue weighted by atomic mass is 10.2. The summed E-state index contributed by atoms with van der Waals surface area (Å²) in [6.45, 7) is 0. The molecule has 3 nitrogen and oxygen atoms in total. The third-order valence-corrected chi connectivity index (χ3v) is 1.51. The zero-order valence-corrected chi connectivity index (χ0v) is 7.32. The van der Waals surface area contributed by atoms with Gasteiger partial charge in [0.2, 0.25) is 0 Å². The lowest BCUT2D eigenvalue weighted by molar-refractivity contribution is -0.234. The minimum absolute atomic E-state index is 2.34. The molecule has 0 amide bonds. The van der Waals surface area contributed by atoms with Crippen molar-refractivity contribution in [3.8, 4) is 0 Å². The van der Waals surface area contributed by atoms with Gasteiger partial charge in [0, 0.05) is 0 Å². The lowest BCUT2D eigenvalue weighted by Gasteiger charge is -2.20. The van der Waals surface area contributed by atoms with E-state index in [0.29, 0.717) is 0 Å². The Balaban J connectivity index is 4.50. The summed E-state index contributed by atoms with van der Waals surface area (Å²) in [5.74, 6) is 0. The maximum Gasteiger partial charge on any atom is 0.415 e. The average Bonchev–Trinajstić information content (AvgIpc) is 1.78. The molecular formula is C4H5F6O3P. The molecule has 14 heavy (non-hydrogen) atoms. The summed E-state index contributed by atoms with van der Waals surface area (Å²) in [6.07, 6.45) is -16.1. The van der Waals surface area contributed by atoms with Crippen molar-refractivity contribution in [3.63, 3.8) is 0 Å². The van der Waals surface area contributed by atoms with Gasteiger partial charge < -0.3 is 4.89 Å². The molecule has 0 aromatic rings. The fourth-order valence-corrected chi connectivity index (χ4v) is 1.02. The van der Waals surface area contributed by atoms with Crippen LogP contribution in [0.4, 0.5) is 26.3 Å². The van der Waals surface area contributed by atoms with Gasteiger partial charge in [-0.05, 0) is 0 Å². The third kappa shape index (κ3) is 6.22. The van der Waals surface area contributed by atoms with Gasteiger partial charge in [0.15, 0.2) is 6.10 Å². The van der Waals surface area contributed by atoms with Crippen molar-refractivity contribution in [2.45, 2.75) is 24.9 Å². The number of hydrogen-bond acceptors (Lipinski definition) is 2. The van der Waals surface area contributed by atoms with Gasteiger partial charge in [-0.15, -0.1) is 0 Å². The van der Waals surface area contributed by atoms with Gasteiger partial charge in [-0.3, -0.25) is 9.09 Å².